The standard InChI is InChI=1S/C17H25N5OS/c1-12-13(2)24-15(21-12)6-3-7-20-17(23)22-10-4-5-14(11-22)16-18-8-9-19-16/h8-9,14H,3-7,10-11H2,1-2H3,(H,18,19)(H,20,23)/t14-/m0/s1. The summed E-state index contributed by atoms with van der Waals surface area (Å²) >= 11 is 1.76. The molecular weight excluding hydrogens is 322 g/mol. The van der Waals surface area contributed by atoms with E-state index in [1.807, 2.05) is 18.0 Å². The van der Waals surface area contributed by atoms with E-state index in [2.05, 4.69) is 27.2 Å². The van der Waals surface area contributed by atoms with Crippen molar-refractivity contribution < 1.29 is 4.79 Å². The van der Waals surface area contributed by atoms with Crippen LogP contribution in [0.25, 0.3) is 0 Å². The SMILES string of the molecule is Cc1nc(CCCNC(=O)N2CCC[C@H](c3ncc[nH]3)C2)sc1C. The minimum atomic E-state index is 0.0396. The Hall–Kier alpha value is -1.89. The van der Waals surface area contributed by atoms with Crippen LogP contribution < -0.4 is 5.32 Å². The van der Waals surface area contributed by atoms with E-state index in [4.69, 9.17) is 0 Å². The number of aryl methyl sites for hydroxylation is 3. The van der Waals surface area contributed by atoms with Gasteiger partial charge in [0.1, 0.15) is 5.82 Å². The van der Waals surface area contributed by atoms with Crippen molar-refractivity contribution in [2.24, 2.45) is 0 Å². The molecule has 0 saturated carbocycles. The Morgan fingerprint density at radius 1 is 1.50 bits per heavy atom. The van der Waals surface area contributed by atoms with Crippen LogP contribution in [0.3, 0.4) is 0 Å². The number of hydrogen-bond donors (Lipinski definition) is 2. The zero-order valence-corrected chi connectivity index (χ0v) is 15.2. The normalized spacial score (nSPS) is 17.9. The number of amides is 2. The number of aromatic nitrogens is 3. The summed E-state index contributed by atoms with van der Waals surface area (Å²) in [5.41, 5.74) is 1.12. The summed E-state index contributed by atoms with van der Waals surface area (Å²) in [6.45, 7) is 6.41. The molecule has 6 nitrogen and oxygen atoms in total. The van der Waals surface area contributed by atoms with Crippen molar-refractivity contribution in [3.63, 3.8) is 0 Å². The van der Waals surface area contributed by atoms with Crippen molar-refractivity contribution in [3.05, 3.63) is 33.8 Å². The van der Waals surface area contributed by atoms with Crippen LogP contribution in [0.5, 0.6) is 0 Å². The number of imidazole rings is 1. The fraction of sp³-hybridized carbons (Fsp3) is 0.588. The fourth-order valence-electron chi connectivity index (χ4n) is 3.08. The first kappa shape index (κ1) is 17.0. The summed E-state index contributed by atoms with van der Waals surface area (Å²) in [5, 5.41) is 4.21. The first-order valence-electron chi connectivity index (χ1n) is 8.58. The van der Waals surface area contributed by atoms with Crippen molar-refractivity contribution in [2.75, 3.05) is 19.6 Å². The third-order valence-corrected chi connectivity index (χ3v) is 5.66. The number of hydrogen-bond acceptors (Lipinski definition) is 4. The van der Waals surface area contributed by atoms with Crippen molar-refractivity contribution >= 4 is 17.4 Å². The highest BCUT2D eigenvalue weighted by molar-refractivity contribution is 7.11. The minimum Gasteiger partial charge on any atom is -0.348 e. The molecule has 2 amide bonds. The highest BCUT2D eigenvalue weighted by Crippen LogP contribution is 2.24. The predicted molar refractivity (Wildman–Crippen MR) is 95.4 cm³/mol. The Labute approximate surface area is 146 Å². The maximum absolute atomic E-state index is 12.4. The fourth-order valence-corrected chi connectivity index (χ4v) is 4.05. The molecule has 24 heavy (non-hydrogen) atoms. The van der Waals surface area contributed by atoms with Crippen LogP contribution in [0.4, 0.5) is 4.79 Å². The summed E-state index contributed by atoms with van der Waals surface area (Å²) in [5.74, 6) is 1.31. The predicted octanol–water partition coefficient (Wildman–Crippen LogP) is 3.00. The van der Waals surface area contributed by atoms with Crippen LogP contribution in [-0.4, -0.2) is 45.5 Å². The molecule has 2 aromatic heterocycles. The Morgan fingerprint density at radius 3 is 3.08 bits per heavy atom. The number of likely N-dealkylation sites (tertiary alicyclic amines) is 1. The highest BCUT2D eigenvalue weighted by Gasteiger charge is 2.25. The maximum Gasteiger partial charge on any atom is 0.317 e. The second kappa shape index (κ2) is 7.79. The van der Waals surface area contributed by atoms with Gasteiger partial charge in [0.25, 0.3) is 0 Å². The summed E-state index contributed by atoms with van der Waals surface area (Å²) in [4.78, 5) is 27.6. The molecule has 0 aromatic carbocycles. The molecule has 1 saturated heterocycles. The average molecular weight is 347 g/mol. The van der Waals surface area contributed by atoms with E-state index < -0.39 is 0 Å². The van der Waals surface area contributed by atoms with Crippen LogP contribution in [-0.2, 0) is 6.42 Å². The van der Waals surface area contributed by atoms with Crippen molar-refractivity contribution in [2.45, 2.75) is 45.4 Å². The molecule has 130 valence electrons. The Kier molecular flexibility index (Phi) is 5.50. The molecule has 1 atom stereocenters. The average Bonchev–Trinajstić information content (AvgIpc) is 3.22. The quantitative estimate of drug-likeness (QED) is 0.817. The number of thiazole rings is 1. The number of aromatic amines is 1. The molecule has 2 N–H and O–H groups in total. The van der Waals surface area contributed by atoms with E-state index in [0.717, 1.165) is 55.3 Å². The van der Waals surface area contributed by atoms with Gasteiger partial charge in [0.15, 0.2) is 0 Å². The molecule has 2 aromatic rings. The number of piperidine rings is 1. The first-order chi connectivity index (χ1) is 11.6. The molecule has 1 fully saturated rings. The van der Waals surface area contributed by atoms with Gasteiger partial charge in [-0.1, -0.05) is 0 Å². The van der Waals surface area contributed by atoms with Crippen LogP contribution in [0.1, 0.15) is 46.6 Å². The van der Waals surface area contributed by atoms with Gasteiger partial charge in [-0.2, -0.15) is 0 Å². The van der Waals surface area contributed by atoms with E-state index >= 15 is 0 Å². The van der Waals surface area contributed by atoms with Crippen molar-refractivity contribution in [3.8, 4) is 0 Å². The monoisotopic (exact) mass is 347 g/mol. The van der Waals surface area contributed by atoms with Crippen LogP contribution in [0.15, 0.2) is 12.4 Å². The van der Waals surface area contributed by atoms with Gasteiger partial charge in [-0.05, 0) is 33.1 Å². The van der Waals surface area contributed by atoms with Gasteiger partial charge in [-0.3, -0.25) is 0 Å². The second-order valence-corrected chi connectivity index (χ2v) is 7.63. The summed E-state index contributed by atoms with van der Waals surface area (Å²) in [6, 6.07) is 0.0396. The van der Waals surface area contributed by atoms with E-state index in [9.17, 15) is 4.79 Å². The molecule has 1 aliphatic heterocycles. The van der Waals surface area contributed by atoms with E-state index in [1.165, 1.54) is 4.88 Å². The van der Waals surface area contributed by atoms with Gasteiger partial charge in [0.2, 0.25) is 0 Å². The molecule has 3 heterocycles. The van der Waals surface area contributed by atoms with Crippen LogP contribution in [0.2, 0.25) is 0 Å². The molecule has 0 spiro atoms. The number of rotatable bonds is 5. The van der Waals surface area contributed by atoms with E-state index in [0.29, 0.717) is 12.5 Å². The van der Waals surface area contributed by atoms with E-state index in [1.54, 1.807) is 17.5 Å². The smallest absolute Gasteiger partial charge is 0.317 e. The molecule has 0 aliphatic carbocycles. The van der Waals surface area contributed by atoms with Crippen molar-refractivity contribution in [1.82, 2.24) is 25.2 Å². The van der Waals surface area contributed by atoms with Gasteiger partial charge in [-0.25, -0.2) is 14.8 Å². The highest BCUT2D eigenvalue weighted by atomic mass is 32.1. The van der Waals surface area contributed by atoms with Crippen LogP contribution in [0, 0.1) is 13.8 Å². The lowest BCUT2D eigenvalue weighted by Crippen LogP contribution is -2.45. The number of carbonyl (C=O) groups excluding carboxylic acids is 1. The summed E-state index contributed by atoms with van der Waals surface area (Å²) < 4.78 is 0. The molecular formula is C17H25N5OS. The van der Waals surface area contributed by atoms with Crippen LogP contribution >= 0.6 is 11.3 Å². The molecule has 7 heteroatoms. The largest absolute Gasteiger partial charge is 0.348 e. The lowest BCUT2D eigenvalue weighted by Gasteiger charge is -2.31. The number of carbonyl (C=O) groups is 1. The van der Waals surface area contributed by atoms with E-state index in [-0.39, 0.29) is 6.03 Å². The zero-order chi connectivity index (χ0) is 16.9. The number of nitrogens with zero attached hydrogens (tertiary/aromatic N) is 3. The second-order valence-electron chi connectivity index (χ2n) is 6.34. The lowest BCUT2D eigenvalue weighted by molar-refractivity contribution is 0.178. The maximum atomic E-state index is 12.4. The van der Waals surface area contributed by atoms with Crippen molar-refractivity contribution in [1.29, 1.82) is 0 Å². The molecule has 0 unspecified atom stereocenters. The van der Waals surface area contributed by atoms with Gasteiger partial charge < -0.3 is 15.2 Å². The Balaban J connectivity index is 1.41. The number of H-pyrrole nitrogens is 1. The molecule has 0 bridgehead atoms. The summed E-state index contributed by atoms with van der Waals surface area (Å²) in [6.07, 6.45) is 7.57. The van der Waals surface area contributed by atoms with Gasteiger partial charge >= 0.3 is 6.03 Å². The lowest BCUT2D eigenvalue weighted by atomic mass is 9.98. The molecule has 3 rings (SSSR count). The third-order valence-electron chi connectivity index (χ3n) is 4.53. The minimum absolute atomic E-state index is 0.0396. The Morgan fingerprint density at radius 2 is 2.38 bits per heavy atom. The topological polar surface area (TPSA) is 73.9 Å². The number of nitrogens with one attached hydrogen (secondary N) is 2. The van der Waals surface area contributed by atoms with Gasteiger partial charge in [0.05, 0.1) is 10.7 Å². The Bertz CT molecular complexity index is 647. The van der Waals surface area contributed by atoms with Gasteiger partial charge in [0, 0.05) is 49.2 Å². The summed E-state index contributed by atoms with van der Waals surface area (Å²) in [7, 11) is 0. The molecule has 1 aliphatic rings. The zero-order valence-electron chi connectivity index (χ0n) is 14.3. The first-order valence-corrected chi connectivity index (χ1v) is 9.40. The van der Waals surface area contributed by atoms with Gasteiger partial charge in [-0.15, -0.1) is 11.3 Å². The third kappa shape index (κ3) is 4.14. The number of urea groups is 1. The molecule has 0 radical (unpaired) electrons.